The van der Waals surface area contributed by atoms with Gasteiger partial charge in [-0.3, -0.25) is 0 Å². The molecule has 0 amide bonds. The van der Waals surface area contributed by atoms with Crippen LogP contribution in [0.1, 0.15) is 52.8 Å². The molecule has 0 radical (unpaired) electrons. The van der Waals surface area contributed by atoms with Crippen molar-refractivity contribution in [2.45, 2.75) is 53.9 Å². The van der Waals surface area contributed by atoms with Gasteiger partial charge in [0, 0.05) is 47.5 Å². The molecule has 0 aliphatic heterocycles. The summed E-state index contributed by atoms with van der Waals surface area (Å²) in [5.41, 5.74) is 30.1. The molecule has 508 valence electrons. The van der Waals surface area contributed by atoms with Crippen molar-refractivity contribution < 1.29 is 8.81 Å². The van der Waals surface area contributed by atoms with Crippen LogP contribution >= 0.6 is 11.3 Å². The first-order valence-corrected chi connectivity index (χ1v) is 37.0. The highest BCUT2D eigenvalue weighted by Crippen LogP contribution is 2.53. The normalized spacial score (nSPS) is 11.7. The molecule has 0 bridgehead atoms. The minimum absolute atomic E-state index is 0.0441. The Kier molecular flexibility index (Phi) is 19.8. The van der Waals surface area contributed by atoms with Gasteiger partial charge in [0.1, 0.15) is 17.0 Å². The topological polar surface area (TPSA) is 13.1 Å². The van der Waals surface area contributed by atoms with Crippen LogP contribution in [-0.2, 0) is 5.41 Å². The van der Waals surface area contributed by atoms with Crippen molar-refractivity contribution in [2.24, 2.45) is 0 Å². The fourth-order valence-corrected chi connectivity index (χ4v) is 16.6. The molecule has 0 atom stereocenters. The fourth-order valence-electron chi connectivity index (χ4n) is 15.3. The first-order chi connectivity index (χ1) is 51.3. The summed E-state index contributed by atoms with van der Waals surface area (Å²) in [6.45, 7) is 15.2. The monoisotopic (exact) mass is 1370 g/mol. The lowest BCUT2D eigenvalue weighted by Crippen LogP contribution is -2.17. The third kappa shape index (κ3) is 14.2. The largest absolute Gasteiger partial charge is 0.455 e. The third-order valence-corrected chi connectivity index (χ3v) is 21.7. The van der Waals surface area contributed by atoms with Crippen LogP contribution in [-0.4, -0.2) is 0 Å². The second-order valence-electron chi connectivity index (χ2n) is 27.8. The number of furan rings is 1. The molecule has 0 spiro atoms. The van der Waals surface area contributed by atoms with Gasteiger partial charge in [-0.25, -0.2) is 4.39 Å². The van der Waals surface area contributed by atoms with Gasteiger partial charge in [-0.15, -0.1) is 11.3 Å². The van der Waals surface area contributed by atoms with E-state index < -0.39 is 0 Å². The molecule has 0 unspecified atom stereocenters. The van der Waals surface area contributed by atoms with Gasteiger partial charge in [0.15, 0.2) is 0 Å². The van der Waals surface area contributed by atoms with Crippen molar-refractivity contribution in [1.29, 1.82) is 0 Å². The number of thiophene rings is 1. The number of rotatable bonds is 7. The van der Waals surface area contributed by atoms with Crippen LogP contribution in [0.3, 0.4) is 0 Å². The summed E-state index contributed by atoms with van der Waals surface area (Å²) in [6.07, 6.45) is 0. The Balaban J connectivity index is 0.000000106. The van der Waals surface area contributed by atoms with Crippen LogP contribution in [0.5, 0.6) is 0 Å². The molecule has 2 heterocycles. The predicted octanol–water partition coefficient (Wildman–Crippen LogP) is 29.5. The molecule has 0 fully saturated rings. The zero-order chi connectivity index (χ0) is 72.0. The van der Waals surface area contributed by atoms with Gasteiger partial charge in [-0.2, -0.15) is 0 Å². The second-order valence-corrected chi connectivity index (χ2v) is 28.8. The van der Waals surface area contributed by atoms with Gasteiger partial charge < -0.3 is 4.42 Å². The minimum Gasteiger partial charge on any atom is -0.455 e. The average molecular weight is 1370 g/mol. The van der Waals surface area contributed by atoms with Crippen molar-refractivity contribution in [1.82, 2.24) is 0 Å². The smallest absolute Gasteiger partial charge is 0.143 e. The van der Waals surface area contributed by atoms with E-state index in [9.17, 15) is 4.39 Å². The Morgan fingerprint density at radius 1 is 0.248 bits per heavy atom. The molecule has 0 saturated carbocycles. The van der Waals surface area contributed by atoms with Crippen molar-refractivity contribution in [3.63, 3.8) is 0 Å². The predicted molar refractivity (Wildman–Crippen MR) is 449 cm³/mol. The third-order valence-electron chi connectivity index (χ3n) is 20.3. The molecule has 0 saturated heterocycles. The molecule has 1 aliphatic rings. The Morgan fingerprint density at radius 2 is 0.657 bits per heavy atom. The first kappa shape index (κ1) is 68.5. The van der Waals surface area contributed by atoms with Crippen LogP contribution in [0.4, 0.5) is 4.39 Å². The molecule has 1 nitrogen and oxygen atoms in total. The van der Waals surface area contributed by atoms with E-state index in [4.69, 9.17) is 4.42 Å². The van der Waals surface area contributed by atoms with E-state index in [1.165, 1.54) is 126 Å². The van der Waals surface area contributed by atoms with Crippen LogP contribution < -0.4 is 0 Å². The lowest BCUT2D eigenvalue weighted by molar-refractivity contribution is 0.622. The molecule has 19 rings (SSSR count). The maximum atomic E-state index is 14.8. The zero-order valence-corrected chi connectivity index (χ0v) is 61.2. The summed E-state index contributed by atoms with van der Waals surface area (Å²) in [5.74, 6) is -0.148. The number of para-hydroxylation sites is 2. The Morgan fingerprint density at radius 3 is 1.24 bits per heavy atom. The van der Waals surface area contributed by atoms with E-state index in [1.54, 1.807) is 0 Å². The lowest BCUT2D eigenvalue weighted by atomic mass is 9.77. The first-order valence-electron chi connectivity index (χ1n) is 36.1. The molecule has 18 aromatic rings. The van der Waals surface area contributed by atoms with Gasteiger partial charge in [-0.1, -0.05) is 354 Å². The molecule has 1 aliphatic carbocycles. The van der Waals surface area contributed by atoms with E-state index in [-0.39, 0.29) is 11.2 Å². The number of aryl methyl sites for hydroxylation is 5. The summed E-state index contributed by atoms with van der Waals surface area (Å²) in [6, 6.07) is 127. The SMILES string of the molecule is Cc1cc(-c2ccccc2)cc(-c2ccc3ccccc3c2)c1F.Cc1cc(-c2ccccc2)cc(-c2ccccc2)c1.Cc1cccc2c1C(C)(C)c1c(-c3ccccc3)cccc1-2.Cc1cccc2c1oc1c(-c3ccccc3)cccc12.Cc1cccc2c1sc1c(-c3ccccc3)cccc12. The summed E-state index contributed by atoms with van der Waals surface area (Å²) in [4.78, 5) is 0. The summed E-state index contributed by atoms with van der Waals surface area (Å²) >= 11 is 1.91. The molecule has 3 heteroatoms. The highest BCUT2D eigenvalue weighted by Gasteiger charge is 2.38. The zero-order valence-electron chi connectivity index (χ0n) is 60.3. The van der Waals surface area contributed by atoms with Crippen molar-refractivity contribution in [2.75, 3.05) is 0 Å². The second kappa shape index (κ2) is 30.4. The Bertz CT molecular complexity index is 5880. The molecular weight excluding hydrogens is 1290 g/mol. The van der Waals surface area contributed by atoms with E-state index in [2.05, 4.69) is 351 Å². The van der Waals surface area contributed by atoms with Gasteiger partial charge >= 0.3 is 0 Å². The van der Waals surface area contributed by atoms with Crippen LogP contribution in [0.25, 0.3) is 142 Å². The van der Waals surface area contributed by atoms with Gasteiger partial charge in [0.05, 0.1) is 0 Å². The van der Waals surface area contributed by atoms with Gasteiger partial charge in [0.2, 0.25) is 0 Å². The maximum absolute atomic E-state index is 14.8. The highest BCUT2D eigenvalue weighted by molar-refractivity contribution is 7.26. The molecular formula is C102H81FOS. The average Bonchev–Trinajstić information content (AvgIpc) is 1.55. The fraction of sp³-hybridized carbons (Fsp3) is 0.0784. The minimum atomic E-state index is -0.148. The highest BCUT2D eigenvalue weighted by atomic mass is 32.1. The van der Waals surface area contributed by atoms with E-state index in [0.29, 0.717) is 11.1 Å². The lowest BCUT2D eigenvalue weighted by Gasteiger charge is -2.25. The van der Waals surface area contributed by atoms with Crippen molar-refractivity contribution in [3.05, 3.63) is 409 Å². The summed E-state index contributed by atoms with van der Waals surface area (Å²) in [5, 5.41) is 7.41. The van der Waals surface area contributed by atoms with Crippen LogP contribution in [0.2, 0.25) is 0 Å². The Hall–Kier alpha value is -12.3. The van der Waals surface area contributed by atoms with Gasteiger partial charge in [0.25, 0.3) is 0 Å². The van der Waals surface area contributed by atoms with Gasteiger partial charge in [-0.05, 0) is 186 Å². The van der Waals surface area contributed by atoms with E-state index in [0.717, 1.165) is 44.2 Å². The maximum Gasteiger partial charge on any atom is 0.143 e. The molecule has 16 aromatic carbocycles. The molecule has 2 aromatic heterocycles. The van der Waals surface area contributed by atoms with Crippen molar-refractivity contribution in [3.8, 4) is 89.0 Å². The molecule has 105 heavy (non-hydrogen) atoms. The number of benzene rings is 16. The number of hydrogen-bond acceptors (Lipinski definition) is 2. The number of fused-ring (bicyclic) bond motifs is 10. The summed E-state index contributed by atoms with van der Waals surface area (Å²) < 4.78 is 23.8. The van der Waals surface area contributed by atoms with Crippen LogP contribution in [0, 0.1) is 40.4 Å². The number of halogens is 1. The van der Waals surface area contributed by atoms with Crippen LogP contribution in [0.15, 0.2) is 368 Å². The van der Waals surface area contributed by atoms with E-state index in [1.807, 2.05) is 72.9 Å². The standard InChI is InChI=1S/C23H17F.C22H20.C19H14O.C19H14S.C19H16/c1-16-13-21(17-7-3-2-4-8-17)15-22(23(16)24)20-12-11-18-9-5-6-10-19(18)14-20;1-15-9-7-13-18-19-14-8-12-17(16-10-5-4-6-11-16)21(19)22(2,3)20(15)18;2*1-13-7-5-11-16-17-12-6-10-15(19(17)20-18(13)16)14-8-3-2-4-9-14;1-15-12-18(16-8-4-2-5-9-16)14-19(13-15)17-10-6-3-7-11-17/h2-15H,1H3;4-14H,1-3H3;2*2-12H,1H3;2-14H,1H3. The van der Waals surface area contributed by atoms with E-state index >= 15 is 0 Å². The quantitative estimate of drug-likeness (QED) is 0.155. The summed E-state index contributed by atoms with van der Waals surface area (Å²) in [7, 11) is 0. The Labute approximate surface area is 620 Å². The molecule has 0 N–H and O–H groups in total. The van der Waals surface area contributed by atoms with Crippen molar-refractivity contribution >= 4 is 64.2 Å². The number of hydrogen-bond donors (Lipinski definition) is 0.